The van der Waals surface area contributed by atoms with E-state index in [0.717, 1.165) is 11.1 Å². The van der Waals surface area contributed by atoms with E-state index in [1.165, 1.54) is 6.07 Å². The Hall–Kier alpha value is -2.89. The lowest BCUT2D eigenvalue weighted by molar-refractivity contribution is -0.385. The molecule has 1 N–H and O–H groups in total. The number of aryl methyl sites for hydroxylation is 3. The highest BCUT2D eigenvalue weighted by molar-refractivity contribution is 5.94. The molecule has 0 fully saturated rings. The van der Waals surface area contributed by atoms with Gasteiger partial charge in [-0.05, 0) is 57.0 Å². The number of rotatable bonds is 5. The maximum absolute atomic E-state index is 12.2. The van der Waals surface area contributed by atoms with Crippen molar-refractivity contribution in [1.29, 1.82) is 0 Å². The molecule has 0 radical (unpaired) electrons. The second-order valence-electron chi connectivity index (χ2n) is 5.75. The molecule has 1 amide bonds. The summed E-state index contributed by atoms with van der Waals surface area (Å²) in [6, 6.07) is 10.2. The molecule has 2 aromatic rings. The van der Waals surface area contributed by atoms with E-state index in [2.05, 4.69) is 5.32 Å². The van der Waals surface area contributed by atoms with Crippen molar-refractivity contribution in [3.8, 4) is 5.75 Å². The Kier molecular flexibility index (Phi) is 5.18. The van der Waals surface area contributed by atoms with E-state index in [1.807, 2.05) is 32.0 Å². The van der Waals surface area contributed by atoms with E-state index in [-0.39, 0.29) is 11.6 Å². The maximum Gasteiger partial charge on any atom is 0.274 e. The molecule has 24 heavy (non-hydrogen) atoms. The average molecular weight is 328 g/mol. The van der Waals surface area contributed by atoms with Crippen molar-refractivity contribution >= 4 is 17.3 Å². The topological polar surface area (TPSA) is 81.5 Å². The third kappa shape index (κ3) is 4.10. The van der Waals surface area contributed by atoms with E-state index in [4.69, 9.17) is 4.74 Å². The van der Waals surface area contributed by atoms with E-state index < -0.39 is 11.0 Å². The van der Waals surface area contributed by atoms with Crippen LogP contribution in [-0.2, 0) is 4.79 Å². The summed E-state index contributed by atoms with van der Waals surface area (Å²) in [4.78, 5) is 22.7. The average Bonchev–Trinajstić information content (AvgIpc) is 2.52. The molecule has 0 bridgehead atoms. The second kappa shape index (κ2) is 7.12. The van der Waals surface area contributed by atoms with Gasteiger partial charge < -0.3 is 10.1 Å². The van der Waals surface area contributed by atoms with E-state index in [9.17, 15) is 14.9 Å². The van der Waals surface area contributed by atoms with Gasteiger partial charge in [-0.25, -0.2) is 0 Å². The molecule has 0 spiro atoms. The molecule has 126 valence electrons. The van der Waals surface area contributed by atoms with Crippen LogP contribution in [-0.4, -0.2) is 16.9 Å². The summed E-state index contributed by atoms with van der Waals surface area (Å²) in [6.07, 6.45) is -0.729. The molecular weight excluding hydrogens is 308 g/mol. The summed E-state index contributed by atoms with van der Waals surface area (Å²) >= 11 is 0. The van der Waals surface area contributed by atoms with Gasteiger partial charge in [-0.1, -0.05) is 12.1 Å². The highest BCUT2D eigenvalue weighted by atomic mass is 16.6. The van der Waals surface area contributed by atoms with E-state index >= 15 is 0 Å². The van der Waals surface area contributed by atoms with Crippen molar-refractivity contribution < 1.29 is 14.5 Å². The fourth-order valence-corrected chi connectivity index (χ4v) is 2.17. The fourth-order valence-electron chi connectivity index (χ4n) is 2.17. The first-order valence-electron chi connectivity index (χ1n) is 7.57. The zero-order chi connectivity index (χ0) is 17.9. The summed E-state index contributed by atoms with van der Waals surface area (Å²) in [6.45, 7) is 7.25. The molecule has 6 nitrogen and oxygen atoms in total. The largest absolute Gasteiger partial charge is 0.481 e. The SMILES string of the molecule is Cc1ccc(OC(C)C(=O)Nc2ccc(C)c([N+](=O)[O-])c2)cc1C. The first kappa shape index (κ1) is 17.5. The minimum atomic E-state index is -0.729. The van der Waals surface area contributed by atoms with Crippen molar-refractivity contribution in [3.05, 3.63) is 63.2 Å². The highest BCUT2D eigenvalue weighted by Gasteiger charge is 2.17. The smallest absolute Gasteiger partial charge is 0.274 e. The molecule has 1 unspecified atom stereocenters. The van der Waals surface area contributed by atoms with Crippen LogP contribution in [0.25, 0.3) is 0 Å². The summed E-state index contributed by atoms with van der Waals surface area (Å²) in [5.74, 6) is 0.238. The molecule has 0 aliphatic carbocycles. The molecular formula is C18H20N2O4. The zero-order valence-electron chi connectivity index (χ0n) is 14.1. The molecule has 0 aliphatic heterocycles. The van der Waals surface area contributed by atoms with Crippen LogP contribution in [0.4, 0.5) is 11.4 Å². The predicted octanol–water partition coefficient (Wildman–Crippen LogP) is 3.93. The summed E-state index contributed by atoms with van der Waals surface area (Å²) in [7, 11) is 0. The first-order chi connectivity index (χ1) is 11.3. The predicted molar refractivity (Wildman–Crippen MR) is 92.5 cm³/mol. The number of amides is 1. The van der Waals surface area contributed by atoms with Crippen LogP contribution in [0.1, 0.15) is 23.6 Å². The number of carbonyl (C=O) groups is 1. The number of anilines is 1. The minimum absolute atomic E-state index is 0.0319. The van der Waals surface area contributed by atoms with Crippen LogP contribution < -0.4 is 10.1 Å². The lowest BCUT2D eigenvalue weighted by atomic mass is 10.1. The summed E-state index contributed by atoms with van der Waals surface area (Å²) in [5, 5.41) is 13.6. The Labute approximate surface area is 140 Å². The number of hydrogen-bond donors (Lipinski definition) is 1. The number of carbonyl (C=O) groups excluding carboxylic acids is 1. The third-order valence-electron chi connectivity index (χ3n) is 3.83. The first-order valence-corrected chi connectivity index (χ1v) is 7.57. The summed E-state index contributed by atoms with van der Waals surface area (Å²) < 4.78 is 5.64. The normalized spacial score (nSPS) is 11.7. The van der Waals surface area contributed by atoms with Gasteiger partial charge in [0.05, 0.1) is 4.92 Å². The lowest BCUT2D eigenvalue weighted by Crippen LogP contribution is -2.30. The maximum atomic E-state index is 12.2. The van der Waals surface area contributed by atoms with Crippen LogP contribution in [0.5, 0.6) is 5.75 Å². The van der Waals surface area contributed by atoms with Crippen LogP contribution in [0.2, 0.25) is 0 Å². The number of ether oxygens (including phenoxy) is 1. The second-order valence-corrected chi connectivity index (χ2v) is 5.75. The molecule has 1 atom stereocenters. The minimum Gasteiger partial charge on any atom is -0.481 e. The number of nitro benzene ring substituents is 1. The Balaban J connectivity index is 2.07. The van der Waals surface area contributed by atoms with Gasteiger partial charge in [0.25, 0.3) is 11.6 Å². The van der Waals surface area contributed by atoms with Crippen molar-refractivity contribution in [2.24, 2.45) is 0 Å². The summed E-state index contributed by atoms with van der Waals surface area (Å²) in [5.41, 5.74) is 3.10. The van der Waals surface area contributed by atoms with E-state index in [1.54, 1.807) is 26.0 Å². The molecule has 0 saturated carbocycles. The Morgan fingerprint density at radius 1 is 1.08 bits per heavy atom. The van der Waals surface area contributed by atoms with Crippen molar-refractivity contribution in [3.63, 3.8) is 0 Å². The van der Waals surface area contributed by atoms with E-state index in [0.29, 0.717) is 17.0 Å². The Morgan fingerprint density at radius 2 is 1.75 bits per heavy atom. The molecule has 0 aliphatic rings. The van der Waals surface area contributed by atoms with Gasteiger partial charge in [0.1, 0.15) is 5.75 Å². The zero-order valence-corrected chi connectivity index (χ0v) is 14.1. The monoisotopic (exact) mass is 328 g/mol. The van der Waals surface area contributed by atoms with Crippen molar-refractivity contribution in [1.82, 2.24) is 0 Å². The van der Waals surface area contributed by atoms with Crippen LogP contribution in [0, 0.1) is 30.9 Å². The molecule has 2 rings (SSSR count). The van der Waals surface area contributed by atoms with Gasteiger partial charge >= 0.3 is 0 Å². The quantitative estimate of drug-likeness (QED) is 0.666. The van der Waals surface area contributed by atoms with Gasteiger partial charge in [-0.3, -0.25) is 14.9 Å². The number of nitrogens with zero attached hydrogens (tertiary/aromatic N) is 1. The van der Waals surface area contributed by atoms with Crippen LogP contribution in [0.3, 0.4) is 0 Å². The standard InChI is InChI=1S/C18H20N2O4/c1-11-6-8-16(9-13(11)3)24-14(4)18(21)19-15-7-5-12(2)17(10-15)20(22)23/h5-10,14H,1-4H3,(H,19,21). The molecule has 6 heteroatoms. The molecule has 0 saturated heterocycles. The Morgan fingerprint density at radius 3 is 2.38 bits per heavy atom. The fraction of sp³-hybridized carbons (Fsp3) is 0.278. The number of nitro groups is 1. The third-order valence-corrected chi connectivity index (χ3v) is 3.83. The number of benzene rings is 2. The molecule has 0 aromatic heterocycles. The molecule has 2 aromatic carbocycles. The van der Waals surface area contributed by atoms with Crippen molar-refractivity contribution in [2.45, 2.75) is 33.8 Å². The number of nitrogens with one attached hydrogen (secondary N) is 1. The van der Waals surface area contributed by atoms with Crippen LogP contribution >= 0.6 is 0 Å². The van der Waals surface area contributed by atoms with Gasteiger partial charge in [-0.15, -0.1) is 0 Å². The van der Waals surface area contributed by atoms with Gasteiger partial charge in [-0.2, -0.15) is 0 Å². The highest BCUT2D eigenvalue weighted by Crippen LogP contribution is 2.23. The lowest BCUT2D eigenvalue weighted by Gasteiger charge is -2.15. The number of hydrogen-bond acceptors (Lipinski definition) is 4. The molecule has 0 heterocycles. The van der Waals surface area contributed by atoms with Gasteiger partial charge in [0.2, 0.25) is 0 Å². The van der Waals surface area contributed by atoms with Gasteiger partial charge in [0, 0.05) is 17.3 Å². The van der Waals surface area contributed by atoms with Crippen LogP contribution in [0.15, 0.2) is 36.4 Å². The van der Waals surface area contributed by atoms with Crippen molar-refractivity contribution in [2.75, 3.05) is 5.32 Å². The van der Waals surface area contributed by atoms with Gasteiger partial charge in [0.15, 0.2) is 6.10 Å². The Bertz CT molecular complexity index is 787.